The second-order valence-corrected chi connectivity index (χ2v) is 6.66. The van der Waals surface area contributed by atoms with E-state index in [1.54, 1.807) is 16.8 Å². The average Bonchev–Trinajstić information content (AvgIpc) is 3.09. The first-order chi connectivity index (χ1) is 10.3. The van der Waals surface area contributed by atoms with E-state index in [0.717, 1.165) is 5.76 Å². The number of aryl methyl sites for hydroxylation is 1. The van der Waals surface area contributed by atoms with Gasteiger partial charge in [0.25, 0.3) is 5.91 Å². The van der Waals surface area contributed by atoms with Crippen molar-refractivity contribution in [3.8, 4) is 0 Å². The fourth-order valence-electron chi connectivity index (χ4n) is 3.19. The zero-order valence-corrected chi connectivity index (χ0v) is 13.5. The Morgan fingerprint density at radius 2 is 2.09 bits per heavy atom. The van der Waals surface area contributed by atoms with Gasteiger partial charge in [-0.2, -0.15) is 0 Å². The van der Waals surface area contributed by atoms with Gasteiger partial charge >= 0.3 is 6.09 Å². The van der Waals surface area contributed by atoms with Gasteiger partial charge in [-0.25, -0.2) is 4.79 Å². The van der Waals surface area contributed by atoms with Crippen LogP contribution in [0.15, 0.2) is 10.5 Å². The highest BCUT2D eigenvalue weighted by Gasteiger charge is 2.49. The molecule has 0 aromatic carbocycles. The number of amides is 2. The molecular weight excluding hydrogens is 284 g/mol. The zero-order valence-electron chi connectivity index (χ0n) is 13.5. The maximum absolute atomic E-state index is 12.7. The van der Waals surface area contributed by atoms with Gasteiger partial charge in [-0.05, 0) is 13.0 Å². The quantitative estimate of drug-likeness (QED) is 0.841. The summed E-state index contributed by atoms with van der Waals surface area (Å²) in [5.41, 5.74) is 0.0680. The summed E-state index contributed by atoms with van der Waals surface area (Å²) in [6.45, 7) is 7.47. The molecule has 2 aliphatic rings. The minimum Gasteiger partial charge on any atom is -0.465 e. The molecule has 6 heteroatoms. The number of likely N-dealkylation sites (N-methyl/N-ethyl adjacent to an activating group) is 1. The number of ether oxygens (including phenoxy) is 1. The number of nitrogens with zero attached hydrogens (tertiary/aromatic N) is 2. The Hall–Kier alpha value is -1.98. The van der Waals surface area contributed by atoms with Crippen LogP contribution in [0.3, 0.4) is 0 Å². The zero-order chi connectivity index (χ0) is 16.1. The number of furan rings is 1. The lowest BCUT2D eigenvalue weighted by atomic mass is 10.0. The Morgan fingerprint density at radius 1 is 1.36 bits per heavy atom. The fraction of sp³-hybridized carbons (Fsp3) is 0.625. The Kier molecular flexibility index (Phi) is 3.42. The molecule has 1 aromatic rings. The third-order valence-corrected chi connectivity index (χ3v) is 4.48. The van der Waals surface area contributed by atoms with Crippen LogP contribution in [0.2, 0.25) is 0 Å². The summed E-state index contributed by atoms with van der Waals surface area (Å²) >= 11 is 0. The highest BCUT2D eigenvalue weighted by Crippen LogP contribution is 2.33. The highest BCUT2D eigenvalue weighted by atomic mass is 16.6. The van der Waals surface area contributed by atoms with Crippen LogP contribution >= 0.6 is 0 Å². The predicted molar refractivity (Wildman–Crippen MR) is 79.9 cm³/mol. The maximum Gasteiger partial charge on any atom is 0.410 e. The molecule has 2 aliphatic heterocycles. The van der Waals surface area contributed by atoms with Gasteiger partial charge in [0, 0.05) is 25.9 Å². The van der Waals surface area contributed by atoms with Crippen molar-refractivity contribution >= 4 is 12.0 Å². The van der Waals surface area contributed by atoms with Crippen LogP contribution in [0.1, 0.15) is 48.1 Å². The van der Waals surface area contributed by atoms with E-state index >= 15 is 0 Å². The van der Waals surface area contributed by atoms with Gasteiger partial charge in [-0.1, -0.05) is 13.8 Å². The third-order valence-electron chi connectivity index (χ3n) is 4.48. The molecule has 3 rings (SSSR count). The van der Waals surface area contributed by atoms with E-state index in [4.69, 9.17) is 9.15 Å². The van der Waals surface area contributed by atoms with E-state index < -0.39 is 5.60 Å². The van der Waals surface area contributed by atoms with Crippen molar-refractivity contribution in [3.05, 3.63) is 23.2 Å². The van der Waals surface area contributed by atoms with Crippen molar-refractivity contribution in [2.24, 2.45) is 0 Å². The Balaban J connectivity index is 1.76. The molecule has 0 N–H and O–H groups in total. The molecule has 22 heavy (non-hydrogen) atoms. The molecule has 1 atom stereocenters. The van der Waals surface area contributed by atoms with Crippen molar-refractivity contribution in [3.63, 3.8) is 0 Å². The van der Waals surface area contributed by atoms with Crippen molar-refractivity contribution < 1.29 is 18.7 Å². The number of rotatable bonds is 2. The summed E-state index contributed by atoms with van der Waals surface area (Å²) in [4.78, 5) is 27.6. The number of hydrogen-bond acceptors (Lipinski definition) is 4. The van der Waals surface area contributed by atoms with E-state index in [1.807, 2.05) is 26.8 Å². The van der Waals surface area contributed by atoms with Crippen LogP contribution in [0, 0.1) is 6.92 Å². The maximum atomic E-state index is 12.7. The van der Waals surface area contributed by atoms with Crippen LogP contribution in [0.25, 0.3) is 0 Å². The first kappa shape index (κ1) is 14.9. The largest absolute Gasteiger partial charge is 0.465 e. The topological polar surface area (TPSA) is 63.0 Å². The molecule has 2 amide bonds. The molecule has 1 aromatic heterocycles. The van der Waals surface area contributed by atoms with Gasteiger partial charge in [0.2, 0.25) is 0 Å². The second kappa shape index (κ2) is 5.04. The van der Waals surface area contributed by atoms with E-state index in [2.05, 4.69) is 0 Å². The summed E-state index contributed by atoms with van der Waals surface area (Å²) in [6, 6.07) is 1.83. The molecule has 120 valence electrons. The number of hydrogen-bond donors (Lipinski definition) is 0. The fourth-order valence-corrected chi connectivity index (χ4v) is 3.19. The molecule has 6 nitrogen and oxygen atoms in total. The minimum atomic E-state index is -0.542. The third kappa shape index (κ3) is 2.36. The highest BCUT2D eigenvalue weighted by molar-refractivity contribution is 5.95. The second-order valence-electron chi connectivity index (χ2n) is 6.66. The molecule has 3 heterocycles. The Bertz CT molecular complexity index is 622. The summed E-state index contributed by atoms with van der Waals surface area (Å²) in [5, 5.41) is 0. The molecular formula is C16H22N2O4. The van der Waals surface area contributed by atoms with Gasteiger partial charge in [-0.15, -0.1) is 0 Å². The van der Waals surface area contributed by atoms with Crippen molar-refractivity contribution in [1.82, 2.24) is 9.80 Å². The summed E-state index contributed by atoms with van der Waals surface area (Å²) in [5.74, 6) is 1.67. The van der Waals surface area contributed by atoms with Gasteiger partial charge in [0.1, 0.15) is 11.5 Å². The number of carbonyl (C=O) groups excluding carboxylic acids is 2. The SMILES string of the molecule is Cc1oc(C(C)C)cc1C(=O)N1CC[C@@]2(CN(C)C(=O)O2)C1. The van der Waals surface area contributed by atoms with Gasteiger partial charge in [0.15, 0.2) is 5.60 Å². The van der Waals surface area contributed by atoms with Crippen LogP contribution < -0.4 is 0 Å². The lowest BCUT2D eigenvalue weighted by Gasteiger charge is -2.21. The first-order valence-corrected chi connectivity index (χ1v) is 7.65. The first-order valence-electron chi connectivity index (χ1n) is 7.65. The molecule has 0 aliphatic carbocycles. The van der Waals surface area contributed by atoms with Crippen molar-refractivity contribution in [2.75, 3.05) is 26.7 Å². The molecule has 0 bridgehead atoms. The van der Waals surface area contributed by atoms with Gasteiger partial charge < -0.3 is 19.0 Å². The summed E-state index contributed by atoms with van der Waals surface area (Å²) < 4.78 is 11.1. The monoisotopic (exact) mass is 306 g/mol. The van der Waals surface area contributed by atoms with Crippen LogP contribution in [-0.2, 0) is 4.74 Å². The molecule has 2 saturated heterocycles. The lowest BCUT2D eigenvalue weighted by molar-refractivity contribution is 0.0552. The van der Waals surface area contributed by atoms with E-state index in [0.29, 0.717) is 37.4 Å². The average molecular weight is 306 g/mol. The summed E-state index contributed by atoms with van der Waals surface area (Å²) in [7, 11) is 1.72. The van der Waals surface area contributed by atoms with Crippen molar-refractivity contribution in [2.45, 2.75) is 38.7 Å². The number of likely N-dealkylation sites (tertiary alicyclic amines) is 1. The number of carbonyl (C=O) groups is 2. The normalized spacial score (nSPS) is 24.7. The smallest absolute Gasteiger partial charge is 0.410 e. The van der Waals surface area contributed by atoms with Gasteiger partial charge in [0.05, 0.1) is 18.7 Å². The summed E-state index contributed by atoms with van der Waals surface area (Å²) in [6.07, 6.45) is 0.374. The molecule has 0 unspecified atom stereocenters. The molecule has 2 fully saturated rings. The van der Waals surface area contributed by atoms with Crippen molar-refractivity contribution in [1.29, 1.82) is 0 Å². The van der Waals surface area contributed by atoms with Gasteiger partial charge in [-0.3, -0.25) is 4.79 Å². The molecule has 1 spiro atoms. The predicted octanol–water partition coefficient (Wildman–Crippen LogP) is 2.38. The minimum absolute atomic E-state index is 0.0457. The lowest BCUT2D eigenvalue weighted by Crippen LogP contribution is -2.39. The molecule has 0 saturated carbocycles. The Morgan fingerprint density at radius 3 is 2.64 bits per heavy atom. The molecule has 0 radical (unpaired) electrons. The van der Waals surface area contributed by atoms with E-state index in [9.17, 15) is 9.59 Å². The van der Waals surface area contributed by atoms with E-state index in [1.165, 1.54) is 0 Å². The Labute approximate surface area is 130 Å². The van der Waals surface area contributed by atoms with Crippen LogP contribution in [0.4, 0.5) is 4.79 Å². The standard InChI is InChI=1S/C16H22N2O4/c1-10(2)13-7-12(11(3)21-13)14(19)18-6-5-16(9-18)8-17(4)15(20)22-16/h7,10H,5-6,8-9H2,1-4H3/t16-/m1/s1. The van der Waals surface area contributed by atoms with E-state index in [-0.39, 0.29) is 17.9 Å². The van der Waals surface area contributed by atoms with Crippen LogP contribution in [0.5, 0.6) is 0 Å². The van der Waals surface area contributed by atoms with Crippen LogP contribution in [-0.4, -0.2) is 54.1 Å².